The van der Waals surface area contributed by atoms with E-state index in [0.29, 0.717) is 49.2 Å². The number of amides is 2. The molecule has 2 amide bonds. The van der Waals surface area contributed by atoms with Gasteiger partial charge in [-0.15, -0.1) is 11.3 Å². The molecule has 1 aromatic heterocycles. The van der Waals surface area contributed by atoms with Gasteiger partial charge in [-0.05, 0) is 36.8 Å². The molecule has 2 aliphatic rings. The van der Waals surface area contributed by atoms with Crippen LogP contribution < -0.4 is 5.32 Å². The van der Waals surface area contributed by atoms with E-state index >= 15 is 0 Å². The van der Waals surface area contributed by atoms with Crippen molar-refractivity contribution < 1.29 is 14.3 Å². The summed E-state index contributed by atoms with van der Waals surface area (Å²) < 4.78 is 5.39. The molecule has 1 unspecified atom stereocenters. The third-order valence-corrected chi connectivity index (χ3v) is 6.76. The normalized spacial score (nSPS) is 18.8. The number of anilines is 1. The van der Waals surface area contributed by atoms with Gasteiger partial charge in [0.25, 0.3) is 5.91 Å². The monoisotopic (exact) mass is 410 g/mol. The molecule has 4 rings (SSSR count). The number of benzene rings is 1. The number of allylic oxidation sites excluding steroid dienone is 2. The quantitative estimate of drug-likeness (QED) is 0.739. The van der Waals surface area contributed by atoms with Crippen LogP contribution in [0.1, 0.15) is 35.2 Å². The van der Waals surface area contributed by atoms with Crippen LogP contribution in [0.15, 0.2) is 42.5 Å². The highest BCUT2D eigenvalue weighted by Gasteiger charge is 2.28. The lowest BCUT2D eigenvalue weighted by Crippen LogP contribution is -2.41. The molecule has 1 saturated heterocycles. The van der Waals surface area contributed by atoms with Gasteiger partial charge in [-0.2, -0.15) is 0 Å². The smallest absolute Gasteiger partial charge is 0.257 e. The summed E-state index contributed by atoms with van der Waals surface area (Å²) in [6.07, 6.45) is 6.77. The van der Waals surface area contributed by atoms with E-state index in [1.54, 1.807) is 0 Å². The minimum Gasteiger partial charge on any atom is -0.378 e. The van der Waals surface area contributed by atoms with Crippen molar-refractivity contribution in [3.8, 4) is 10.4 Å². The van der Waals surface area contributed by atoms with E-state index in [1.165, 1.54) is 11.3 Å². The SMILES string of the molecule is Cc1c(-c2ccccc2)sc(NC(=O)CC2C=CCC2)c1C(=O)N1CCOCC1. The number of nitrogens with one attached hydrogen (secondary N) is 1. The van der Waals surface area contributed by atoms with E-state index < -0.39 is 0 Å². The van der Waals surface area contributed by atoms with E-state index in [9.17, 15) is 9.59 Å². The molecular weight excluding hydrogens is 384 g/mol. The molecule has 5 nitrogen and oxygen atoms in total. The van der Waals surface area contributed by atoms with Gasteiger partial charge in [-0.25, -0.2) is 0 Å². The van der Waals surface area contributed by atoms with Gasteiger partial charge >= 0.3 is 0 Å². The van der Waals surface area contributed by atoms with Crippen LogP contribution in [0.5, 0.6) is 0 Å². The third-order valence-electron chi connectivity index (χ3n) is 5.51. The fourth-order valence-corrected chi connectivity index (χ4v) is 5.15. The molecule has 0 bridgehead atoms. The predicted octanol–water partition coefficient (Wildman–Crippen LogP) is 4.49. The van der Waals surface area contributed by atoms with E-state index in [4.69, 9.17) is 4.74 Å². The largest absolute Gasteiger partial charge is 0.378 e. The Bertz CT molecular complexity index is 914. The predicted molar refractivity (Wildman–Crippen MR) is 116 cm³/mol. The fourth-order valence-electron chi connectivity index (χ4n) is 3.93. The molecule has 1 aromatic carbocycles. The molecule has 1 aliphatic heterocycles. The van der Waals surface area contributed by atoms with Crippen LogP contribution in [-0.2, 0) is 9.53 Å². The number of thiophene rings is 1. The van der Waals surface area contributed by atoms with Crippen LogP contribution in [0.4, 0.5) is 5.00 Å². The topological polar surface area (TPSA) is 58.6 Å². The first-order valence-corrected chi connectivity index (χ1v) is 11.0. The lowest BCUT2D eigenvalue weighted by Gasteiger charge is -2.27. The summed E-state index contributed by atoms with van der Waals surface area (Å²) in [7, 11) is 0. The molecule has 0 saturated carbocycles. The first kappa shape index (κ1) is 19.9. The second-order valence-electron chi connectivity index (χ2n) is 7.55. The molecule has 1 atom stereocenters. The summed E-state index contributed by atoms with van der Waals surface area (Å²) in [4.78, 5) is 28.9. The minimum atomic E-state index is -0.0292. The van der Waals surface area contributed by atoms with Crippen molar-refractivity contribution in [3.63, 3.8) is 0 Å². The van der Waals surface area contributed by atoms with Crippen LogP contribution in [0.25, 0.3) is 10.4 Å². The maximum atomic E-state index is 13.3. The zero-order valence-corrected chi connectivity index (χ0v) is 17.5. The molecule has 1 aliphatic carbocycles. The van der Waals surface area contributed by atoms with Crippen LogP contribution in [0.3, 0.4) is 0 Å². The molecule has 2 aromatic rings. The van der Waals surface area contributed by atoms with Crippen molar-refractivity contribution in [2.24, 2.45) is 5.92 Å². The van der Waals surface area contributed by atoms with Gasteiger partial charge in [-0.3, -0.25) is 9.59 Å². The fraction of sp³-hybridized carbons (Fsp3) is 0.391. The van der Waals surface area contributed by atoms with Gasteiger partial charge in [0.1, 0.15) is 5.00 Å². The van der Waals surface area contributed by atoms with E-state index in [1.807, 2.05) is 42.2 Å². The molecule has 152 valence electrons. The number of hydrogen-bond donors (Lipinski definition) is 1. The average molecular weight is 411 g/mol. The molecule has 6 heteroatoms. The Morgan fingerprint density at radius 3 is 2.66 bits per heavy atom. The van der Waals surface area contributed by atoms with Crippen molar-refractivity contribution in [2.75, 3.05) is 31.6 Å². The van der Waals surface area contributed by atoms with Crippen molar-refractivity contribution in [1.29, 1.82) is 0 Å². The minimum absolute atomic E-state index is 0.0275. The number of morpholine rings is 1. The summed E-state index contributed by atoms with van der Waals surface area (Å²) in [6, 6.07) is 10.0. The highest BCUT2D eigenvalue weighted by Crippen LogP contribution is 2.40. The zero-order chi connectivity index (χ0) is 20.2. The molecule has 2 heterocycles. The maximum absolute atomic E-state index is 13.3. The van der Waals surface area contributed by atoms with Gasteiger partial charge in [-0.1, -0.05) is 42.5 Å². The number of ether oxygens (including phenoxy) is 1. The van der Waals surface area contributed by atoms with Crippen molar-refractivity contribution >= 4 is 28.2 Å². The Morgan fingerprint density at radius 2 is 1.97 bits per heavy atom. The van der Waals surface area contributed by atoms with Gasteiger partial charge in [0.05, 0.1) is 18.8 Å². The summed E-state index contributed by atoms with van der Waals surface area (Å²) in [5.41, 5.74) is 2.60. The first-order valence-electron chi connectivity index (χ1n) is 10.2. The van der Waals surface area contributed by atoms with Crippen molar-refractivity contribution in [1.82, 2.24) is 4.90 Å². The maximum Gasteiger partial charge on any atom is 0.257 e. The summed E-state index contributed by atoms with van der Waals surface area (Å²) in [5.74, 6) is 0.238. The number of nitrogens with zero attached hydrogens (tertiary/aromatic N) is 1. The molecule has 0 spiro atoms. The lowest BCUT2D eigenvalue weighted by atomic mass is 10.0. The zero-order valence-electron chi connectivity index (χ0n) is 16.6. The Morgan fingerprint density at radius 1 is 1.21 bits per heavy atom. The lowest BCUT2D eigenvalue weighted by molar-refractivity contribution is -0.116. The Kier molecular flexibility index (Phi) is 6.11. The molecule has 1 fully saturated rings. The number of hydrogen-bond acceptors (Lipinski definition) is 4. The summed E-state index contributed by atoms with van der Waals surface area (Å²) in [6.45, 7) is 4.23. The number of carbonyl (C=O) groups is 2. The van der Waals surface area contributed by atoms with E-state index in [2.05, 4.69) is 17.5 Å². The van der Waals surface area contributed by atoms with Crippen molar-refractivity contribution in [2.45, 2.75) is 26.2 Å². The Hall–Kier alpha value is -2.44. The standard InChI is InChI=1S/C23H26N2O3S/c1-16-20(23(27)25-11-13-28-14-12-25)22(24-19(26)15-17-7-5-6-8-17)29-21(16)18-9-3-2-4-10-18/h2-5,7,9-10,17H,6,8,11-15H2,1H3,(H,24,26). The van der Waals surface area contributed by atoms with Crippen LogP contribution in [0, 0.1) is 12.8 Å². The van der Waals surface area contributed by atoms with Crippen LogP contribution >= 0.6 is 11.3 Å². The molecular formula is C23H26N2O3S. The number of carbonyl (C=O) groups excluding carboxylic acids is 2. The van der Waals surface area contributed by atoms with Gasteiger partial charge in [0, 0.05) is 24.4 Å². The summed E-state index contributed by atoms with van der Waals surface area (Å²) >= 11 is 1.49. The molecule has 0 radical (unpaired) electrons. The molecule has 29 heavy (non-hydrogen) atoms. The second-order valence-corrected chi connectivity index (χ2v) is 8.57. The van der Waals surface area contributed by atoms with Crippen LogP contribution in [-0.4, -0.2) is 43.0 Å². The second kappa shape index (κ2) is 8.93. The van der Waals surface area contributed by atoms with Gasteiger partial charge in [0.15, 0.2) is 0 Å². The van der Waals surface area contributed by atoms with E-state index in [0.717, 1.165) is 28.8 Å². The Balaban J connectivity index is 1.64. The highest BCUT2D eigenvalue weighted by atomic mass is 32.1. The van der Waals surface area contributed by atoms with Gasteiger partial charge < -0.3 is 15.0 Å². The first-order chi connectivity index (χ1) is 14.1. The van der Waals surface area contributed by atoms with Crippen LogP contribution in [0.2, 0.25) is 0 Å². The van der Waals surface area contributed by atoms with Gasteiger partial charge in [0.2, 0.25) is 5.91 Å². The van der Waals surface area contributed by atoms with E-state index in [-0.39, 0.29) is 11.8 Å². The summed E-state index contributed by atoms with van der Waals surface area (Å²) in [5, 5.41) is 3.71. The van der Waals surface area contributed by atoms with Crippen molar-refractivity contribution in [3.05, 3.63) is 53.6 Å². The third kappa shape index (κ3) is 4.43. The highest BCUT2D eigenvalue weighted by molar-refractivity contribution is 7.20. The average Bonchev–Trinajstić information content (AvgIpc) is 3.36. The Labute approximate surface area is 175 Å². The number of rotatable bonds is 5. The molecule has 1 N–H and O–H groups in total.